The second-order valence-electron chi connectivity index (χ2n) is 9.33. The lowest BCUT2D eigenvalue weighted by Gasteiger charge is -2.29. The predicted molar refractivity (Wildman–Crippen MR) is 134 cm³/mol. The summed E-state index contributed by atoms with van der Waals surface area (Å²) in [6.07, 6.45) is 6.24. The number of benzene rings is 3. The molecular weight excluding hydrogens is 465 g/mol. The van der Waals surface area contributed by atoms with Crippen LogP contribution in [0.4, 0.5) is 13.2 Å². The third kappa shape index (κ3) is 5.75. The smallest absolute Gasteiger partial charge is 0.346 e. The van der Waals surface area contributed by atoms with E-state index in [0.717, 1.165) is 38.2 Å². The molecule has 0 bridgehead atoms. The summed E-state index contributed by atoms with van der Waals surface area (Å²) in [4.78, 5) is 12.4. The Morgan fingerprint density at radius 2 is 1.56 bits per heavy atom. The predicted octanol–water partition coefficient (Wildman–Crippen LogP) is 8.46. The van der Waals surface area contributed by atoms with Crippen LogP contribution in [0.1, 0.15) is 74.2 Å². The van der Waals surface area contributed by atoms with Crippen LogP contribution in [-0.2, 0) is 0 Å². The van der Waals surface area contributed by atoms with Crippen LogP contribution in [0.25, 0.3) is 11.1 Å². The van der Waals surface area contributed by atoms with Crippen LogP contribution in [0, 0.1) is 23.4 Å². The lowest BCUT2D eigenvalue weighted by Crippen LogP contribution is -2.15. The van der Waals surface area contributed by atoms with Crippen LogP contribution >= 0.6 is 0 Å². The van der Waals surface area contributed by atoms with Crippen molar-refractivity contribution < 1.29 is 27.4 Å². The number of rotatable bonds is 8. The summed E-state index contributed by atoms with van der Waals surface area (Å²) in [6, 6.07) is 13.3. The average molecular weight is 497 g/mol. The summed E-state index contributed by atoms with van der Waals surface area (Å²) >= 11 is 0. The zero-order chi connectivity index (χ0) is 25.7. The normalized spacial score (nSPS) is 17.6. The number of hydrogen-bond acceptors (Lipinski definition) is 3. The monoisotopic (exact) mass is 496 g/mol. The molecular formula is C30H31F3O3. The van der Waals surface area contributed by atoms with Crippen molar-refractivity contribution >= 4 is 5.97 Å². The van der Waals surface area contributed by atoms with Gasteiger partial charge < -0.3 is 9.47 Å². The van der Waals surface area contributed by atoms with E-state index < -0.39 is 23.4 Å². The van der Waals surface area contributed by atoms with Gasteiger partial charge in [-0.05, 0) is 79.8 Å². The van der Waals surface area contributed by atoms with Gasteiger partial charge in [0, 0.05) is 11.6 Å². The van der Waals surface area contributed by atoms with Gasteiger partial charge in [0.25, 0.3) is 0 Å². The van der Waals surface area contributed by atoms with Gasteiger partial charge in [0.15, 0.2) is 11.6 Å². The van der Waals surface area contributed by atoms with E-state index in [4.69, 9.17) is 9.47 Å². The molecule has 1 fully saturated rings. The number of carbonyl (C=O) groups is 1. The Labute approximate surface area is 210 Å². The molecule has 4 rings (SSSR count). The summed E-state index contributed by atoms with van der Waals surface area (Å²) in [5.41, 5.74) is 0.826. The zero-order valence-electron chi connectivity index (χ0n) is 20.7. The minimum absolute atomic E-state index is 0.0476. The standard InChI is InChI=1S/C30H31F3O3/c1-3-5-19-6-8-20(9-7-19)24-16-17-25(29(33)28(24)32)21-10-12-22(13-11-21)36-30(34)26-15-14-23(35-4-2)18-27(26)31/h10-20H,3-9H2,1-2H3. The maximum absolute atomic E-state index is 15.1. The number of hydrogen-bond donors (Lipinski definition) is 0. The van der Waals surface area contributed by atoms with E-state index in [1.54, 1.807) is 31.2 Å². The van der Waals surface area contributed by atoms with Gasteiger partial charge in [-0.1, -0.05) is 44.0 Å². The summed E-state index contributed by atoms with van der Waals surface area (Å²) in [5, 5.41) is 0. The van der Waals surface area contributed by atoms with Gasteiger partial charge in [-0.3, -0.25) is 0 Å². The molecule has 0 aliphatic heterocycles. The Morgan fingerprint density at radius 3 is 2.19 bits per heavy atom. The van der Waals surface area contributed by atoms with Gasteiger partial charge >= 0.3 is 5.97 Å². The second-order valence-corrected chi connectivity index (χ2v) is 9.33. The first-order chi connectivity index (χ1) is 17.4. The maximum Gasteiger partial charge on any atom is 0.346 e. The molecule has 1 aliphatic carbocycles. The fourth-order valence-corrected chi connectivity index (χ4v) is 5.06. The van der Waals surface area contributed by atoms with E-state index in [2.05, 4.69) is 6.92 Å². The number of halogens is 3. The quantitative estimate of drug-likeness (QED) is 0.232. The lowest BCUT2D eigenvalue weighted by molar-refractivity contribution is 0.0730. The SMILES string of the molecule is CCCC1CCC(c2ccc(-c3ccc(OC(=O)c4ccc(OCC)cc4F)cc3)c(F)c2F)CC1. The third-order valence-electron chi connectivity index (χ3n) is 6.94. The Balaban J connectivity index is 1.45. The highest BCUT2D eigenvalue weighted by Gasteiger charge is 2.26. The topological polar surface area (TPSA) is 35.5 Å². The molecule has 3 nitrogen and oxygen atoms in total. The van der Waals surface area contributed by atoms with Crippen molar-refractivity contribution in [1.29, 1.82) is 0 Å². The maximum atomic E-state index is 15.1. The molecule has 0 saturated heterocycles. The molecule has 36 heavy (non-hydrogen) atoms. The van der Waals surface area contributed by atoms with Crippen molar-refractivity contribution in [2.24, 2.45) is 5.92 Å². The molecule has 6 heteroatoms. The van der Waals surface area contributed by atoms with E-state index >= 15 is 8.78 Å². The van der Waals surface area contributed by atoms with E-state index in [1.165, 1.54) is 30.7 Å². The fraction of sp³-hybridized carbons (Fsp3) is 0.367. The summed E-state index contributed by atoms with van der Waals surface area (Å²) in [6.45, 7) is 4.33. The largest absolute Gasteiger partial charge is 0.494 e. The molecule has 0 heterocycles. The molecule has 1 aliphatic rings. The van der Waals surface area contributed by atoms with Crippen molar-refractivity contribution in [3.8, 4) is 22.6 Å². The molecule has 3 aromatic carbocycles. The van der Waals surface area contributed by atoms with Gasteiger partial charge in [-0.15, -0.1) is 0 Å². The highest BCUT2D eigenvalue weighted by Crippen LogP contribution is 2.40. The Morgan fingerprint density at radius 1 is 0.861 bits per heavy atom. The second kappa shape index (κ2) is 11.6. The Hall–Kier alpha value is -3.28. The van der Waals surface area contributed by atoms with Crippen molar-refractivity contribution in [3.05, 3.63) is 83.2 Å². The Bertz CT molecular complexity index is 1200. The van der Waals surface area contributed by atoms with E-state index in [0.29, 0.717) is 29.4 Å². The molecule has 0 amide bonds. The van der Waals surface area contributed by atoms with Gasteiger partial charge in [-0.2, -0.15) is 0 Å². The lowest BCUT2D eigenvalue weighted by atomic mass is 9.77. The van der Waals surface area contributed by atoms with Gasteiger partial charge in [0.05, 0.1) is 12.2 Å². The molecule has 190 valence electrons. The molecule has 3 aromatic rings. The average Bonchev–Trinajstić information content (AvgIpc) is 2.87. The Kier molecular flexibility index (Phi) is 8.34. The summed E-state index contributed by atoms with van der Waals surface area (Å²) in [7, 11) is 0. The first-order valence-corrected chi connectivity index (χ1v) is 12.6. The highest BCUT2D eigenvalue weighted by molar-refractivity contribution is 5.91. The van der Waals surface area contributed by atoms with E-state index in [9.17, 15) is 9.18 Å². The van der Waals surface area contributed by atoms with Crippen LogP contribution in [0.2, 0.25) is 0 Å². The van der Waals surface area contributed by atoms with Crippen LogP contribution in [0.3, 0.4) is 0 Å². The minimum atomic E-state index is -0.871. The molecule has 0 unspecified atom stereocenters. The van der Waals surface area contributed by atoms with Crippen LogP contribution in [0.5, 0.6) is 11.5 Å². The van der Waals surface area contributed by atoms with Gasteiger partial charge in [-0.25, -0.2) is 18.0 Å². The van der Waals surface area contributed by atoms with Crippen LogP contribution in [0.15, 0.2) is 54.6 Å². The van der Waals surface area contributed by atoms with Crippen molar-refractivity contribution in [3.63, 3.8) is 0 Å². The molecule has 0 radical (unpaired) electrons. The van der Waals surface area contributed by atoms with Crippen LogP contribution < -0.4 is 9.47 Å². The van der Waals surface area contributed by atoms with E-state index in [1.807, 2.05) is 0 Å². The molecule has 0 atom stereocenters. The number of ether oxygens (including phenoxy) is 2. The highest BCUT2D eigenvalue weighted by atomic mass is 19.2. The minimum Gasteiger partial charge on any atom is -0.494 e. The van der Waals surface area contributed by atoms with Gasteiger partial charge in [0.1, 0.15) is 17.3 Å². The number of carbonyl (C=O) groups excluding carboxylic acids is 1. The van der Waals surface area contributed by atoms with Crippen molar-refractivity contribution in [2.45, 2.75) is 58.3 Å². The first-order valence-electron chi connectivity index (χ1n) is 12.6. The third-order valence-corrected chi connectivity index (χ3v) is 6.94. The van der Waals surface area contributed by atoms with Crippen molar-refractivity contribution in [2.75, 3.05) is 6.61 Å². The van der Waals surface area contributed by atoms with E-state index in [-0.39, 0.29) is 22.8 Å². The molecule has 1 saturated carbocycles. The fourth-order valence-electron chi connectivity index (χ4n) is 5.06. The van der Waals surface area contributed by atoms with Crippen LogP contribution in [-0.4, -0.2) is 12.6 Å². The zero-order valence-corrected chi connectivity index (χ0v) is 20.7. The number of esters is 1. The first kappa shape index (κ1) is 25.8. The summed E-state index contributed by atoms with van der Waals surface area (Å²) < 4.78 is 54.8. The molecule has 0 N–H and O–H groups in total. The summed E-state index contributed by atoms with van der Waals surface area (Å²) in [5.74, 6) is -2.04. The molecule has 0 spiro atoms. The molecule has 0 aromatic heterocycles. The van der Waals surface area contributed by atoms with Gasteiger partial charge in [0.2, 0.25) is 0 Å². The van der Waals surface area contributed by atoms with Crippen molar-refractivity contribution in [1.82, 2.24) is 0 Å².